The lowest BCUT2D eigenvalue weighted by molar-refractivity contribution is -0.384. The summed E-state index contributed by atoms with van der Waals surface area (Å²) in [5.41, 5.74) is 3.44. The summed E-state index contributed by atoms with van der Waals surface area (Å²) in [6.45, 7) is 14.5. The average molecular weight is 855 g/mol. The fourth-order valence-electron chi connectivity index (χ4n) is 9.18. The van der Waals surface area contributed by atoms with E-state index in [4.69, 9.17) is 28.9 Å². The first-order chi connectivity index (χ1) is 29.8. The Morgan fingerprint density at radius 2 is 1.79 bits per heavy atom. The largest absolute Gasteiger partial charge is 0.487 e. The monoisotopic (exact) mass is 854 g/mol. The highest BCUT2D eigenvalue weighted by atomic mass is 16.7. The smallest absolute Gasteiger partial charge is 0.415 e. The second-order valence-corrected chi connectivity index (χ2v) is 17.3. The van der Waals surface area contributed by atoms with Crippen LogP contribution in [0.3, 0.4) is 0 Å². The number of oxime groups is 1. The van der Waals surface area contributed by atoms with Crippen LogP contribution < -0.4 is 14.2 Å². The van der Waals surface area contributed by atoms with Gasteiger partial charge in [0.05, 0.1) is 28.9 Å². The molecule has 0 bridgehead atoms. The topological polar surface area (TPSA) is 175 Å². The summed E-state index contributed by atoms with van der Waals surface area (Å²) in [4.78, 5) is 38.0. The van der Waals surface area contributed by atoms with Crippen molar-refractivity contribution >= 4 is 17.5 Å². The van der Waals surface area contributed by atoms with Crippen LogP contribution in [0.15, 0.2) is 90.1 Å². The maximum atomic E-state index is 14.6. The number of non-ortho nitro benzene ring substituents is 1. The van der Waals surface area contributed by atoms with Gasteiger partial charge in [0.1, 0.15) is 35.5 Å². The number of amides is 1. The van der Waals surface area contributed by atoms with Crippen molar-refractivity contribution in [3.8, 4) is 17.2 Å². The number of carbonyl (C=O) groups excluding carboxylic acids is 1. The van der Waals surface area contributed by atoms with Crippen molar-refractivity contribution in [2.75, 3.05) is 26.4 Å². The number of aliphatic hydroxyl groups excluding tert-OH is 2. The third-order valence-electron chi connectivity index (χ3n) is 11.7. The molecule has 1 fully saturated rings. The molecule has 3 aliphatic rings. The number of ether oxygens (including phenoxy) is 4. The number of aromatic nitrogens is 1. The molecule has 334 valence electrons. The number of aliphatic hydroxyl groups is 2. The Balaban J connectivity index is 1.55. The van der Waals surface area contributed by atoms with Crippen LogP contribution >= 0.6 is 0 Å². The van der Waals surface area contributed by atoms with E-state index < -0.39 is 34.4 Å². The molecule has 1 aromatic heterocycles. The van der Waals surface area contributed by atoms with Crippen LogP contribution in [0.25, 0.3) is 0 Å². The fourth-order valence-corrected chi connectivity index (χ4v) is 9.18. The lowest BCUT2D eigenvalue weighted by atomic mass is 9.55. The number of benzene rings is 2. The predicted molar refractivity (Wildman–Crippen MR) is 235 cm³/mol. The Bertz CT molecular complexity index is 2080. The molecule has 1 amide bonds. The van der Waals surface area contributed by atoms with Crippen LogP contribution in [-0.4, -0.2) is 80.6 Å². The fraction of sp³-hybridized carbons (Fsp3) is 0.521. The number of pyridine rings is 1. The van der Waals surface area contributed by atoms with Gasteiger partial charge in [-0.15, -0.1) is 6.58 Å². The maximum Gasteiger partial charge on any atom is 0.415 e. The molecule has 0 unspecified atom stereocenters. The van der Waals surface area contributed by atoms with Crippen molar-refractivity contribution < 1.29 is 43.7 Å². The molecular formula is C48H62N4O10. The number of carbonyl (C=O) groups is 1. The van der Waals surface area contributed by atoms with E-state index in [2.05, 4.69) is 23.7 Å². The van der Waals surface area contributed by atoms with Crippen molar-refractivity contribution in [2.45, 2.75) is 116 Å². The summed E-state index contributed by atoms with van der Waals surface area (Å²) < 4.78 is 26.8. The lowest BCUT2D eigenvalue weighted by Crippen LogP contribution is -2.70. The number of hydrogen-bond donors (Lipinski definition) is 2. The number of rotatable bonds is 20. The van der Waals surface area contributed by atoms with E-state index in [1.165, 1.54) is 24.3 Å². The van der Waals surface area contributed by atoms with Gasteiger partial charge >= 0.3 is 6.09 Å². The van der Waals surface area contributed by atoms with Crippen molar-refractivity contribution in [1.29, 1.82) is 0 Å². The number of fused-ring (bicyclic) bond motifs is 2. The maximum absolute atomic E-state index is 14.6. The van der Waals surface area contributed by atoms with Crippen molar-refractivity contribution in [3.63, 3.8) is 0 Å². The van der Waals surface area contributed by atoms with E-state index in [0.29, 0.717) is 36.5 Å². The van der Waals surface area contributed by atoms with Crippen LogP contribution in [-0.2, 0) is 16.2 Å². The molecule has 0 saturated heterocycles. The van der Waals surface area contributed by atoms with E-state index >= 15 is 0 Å². The van der Waals surface area contributed by atoms with Gasteiger partial charge in [0.15, 0.2) is 0 Å². The average Bonchev–Trinajstić information content (AvgIpc) is 3.24. The van der Waals surface area contributed by atoms with Gasteiger partial charge in [-0.2, -0.15) is 0 Å². The summed E-state index contributed by atoms with van der Waals surface area (Å²) >= 11 is 0. The molecule has 2 N–H and O–H groups in total. The number of unbranched alkanes of at least 4 members (excludes halogenated alkanes) is 2. The molecule has 6 rings (SSSR count). The summed E-state index contributed by atoms with van der Waals surface area (Å²) in [5, 5.41) is 36.1. The second-order valence-electron chi connectivity index (χ2n) is 17.3. The van der Waals surface area contributed by atoms with E-state index in [-0.39, 0.29) is 68.6 Å². The number of nitro benzene ring substituents is 1. The number of aryl methyl sites for hydroxylation is 1. The van der Waals surface area contributed by atoms with Crippen molar-refractivity contribution in [2.24, 2.45) is 22.9 Å². The third kappa shape index (κ3) is 10.6. The summed E-state index contributed by atoms with van der Waals surface area (Å²) in [6, 6.07) is 16.3. The van der Waals surface area contributed by atoms with E-state index in [1.807, 2.05) is 65.0 Å². The molecule has 3 aromatic rings. The predicted octanol–water partition coefficient (Wildman–Crippen LogP) is 9.22. The highest BCUT2D eigenvalue weighted by Crippen LogP contribution is 2.62. The van der Waals surface area contributed by atoms with Gasteiger partial charge in [-0.05, 0) is 120 Å². The van der Waals surface area contributed by atoms with Gasteiger partial charge in [-0.3, -0.25) is 20.0 Å². The Morgan fingerprint density at radius 3 is 2.45 bits per heavy atom. The first kappa shape index (κ1) is 46.2. The second kappa shape index (κ2) is 20.7. The van der Waals surface area contributed by atoms with Crippen LogP contribution in [0.2, 0.25) is 0 Å². The summed E-state index contributed by atoms with van der Waals surface area (Å²) in [7, 11) is 0. The highest BCUT2D eigenvalue weighted by Gasteiger charge is 2.65. The Hall–Kier alpha value is -5.31. The van der Waals surface area contributed by atoms with Gasteiger partial charge in [0.25, 0.3) is 5.69 Å². The first-order valence-corrected chi connectivity index (χ1v) is 21.9. The molecule has 14 nitrogen and oxygen atoms in total. The molecule has 0 radical (unpaired) electrons. The van der Waals surface area contributed by atoms with Gasteiger partial charge in [0.2, 0.25) is 5.79 Å². The van der Waals surface area contributed by atoms with E-state index in [9.17, 15) is 25.1 Å². The molecule has 6 atom stereocenters. The molecule has 1 aliphatic heterocycles. The molecule has 2 aromatic carbocycles. The van der Waals surface area contributed by atoms with Crippen LogP contribution in [0.5, 0.6) is 17.2 Å². The zero-order valence-electron chi connectivity index (χ0n) is 36.7. The lowest BCUT2D eigenvalue weighted by Gasteiger charge is -2.60. The van der Waals surface area contributed by atoms with Gasteiger partial charge in [-0.25, -0.2) is 4.79 Å². The van der Waals surface area contributed by atoms with Crippen molar-refractivity contribution in [3.05, 3.63) is 112 Å². The van der Waals surface area contributed by atoms with Crippen LogP contribution in [0, 0.1) is 34.8 Å². The molecule has 62 heavy (non-hydrogen) atoms. The number of nitrogens with zero attached hydrogens (tertiary/aromatic N) is 4. The van der Waals surface area contributed by atoms with Crippen LogP contribution in [0.4, 0.5) is 10.5 Å². The molecular weight excluding hydrogens is 793 g/mol. The Kier molecular flexibility index (Phi) is 15.4. The Labute approximate surface area is 364 Å². The SMILES string of the molecule is C=CCO[C@@]12Oc3ccc(OCc4cccc(C)n4)cc3[C@H]3[C@H](CCCCO)[C@@H](CCCCO)C=C(C(=NOC(C)(C)C)C[C@@H]1N(CCC)C(=O)Oc1ccc([N+](=O)[O-])cc1)[C@H]32. The van der Waals surface area contributed by atoms with Crippen molar-refractivity contribution in [1.82, 2.24) is 9.88 Å². The number of allylic oxidation sites excluding steroid dienone is 1. The molecule has 2 aliphatic carbocycles. The minimum atomic E-state index is -1.48. The Morgan fingerprint density at radius 1 is 1.06 bits per heavy atom. The van der Waals surface area contributed by atoms with E-state index in [0.717, 1.165) is 48.2 Å². The molecule has 1 saturated carbocycles. The molecule has 0 spiro atoms. The van der Waals surface area contributed by atoms with Crippen LogP contribution in [0.1, 0.15) is 102 Å². The number of nitro groups is 1. The quantitative estimate of drug-likeness (QED) is 0.0480. The van der Waals surface area contributed by atoms with Gasteiger partial charge in [-0.1, -0.05) is 43.1 Å². The first-order valence-electron chi connectivity index (χ1n) is 21.9. The van der Waals surface area contributed by atoms with Gasteiger partial charge in [0, 0.05) is 55.5 Å². The summed E-state index contributed by atoms with van der Waals surface area (Å²) in [6.07, 6.45) is 8.51. The highest BCUT2D eigenvalue weighted by molar-refractivity contribution is 6.03. The minimum Gasteiger partial charge on any atom is -0.487 e. The molecule has 14 heteroatoms. The zero-order valence-corrected chi connectivity index (χ0v) is 36.7. The van der Waals surface area contributed by atoms with Gasteiger partial charge < -0.3 is 34.0 Å². The zero-order chi connectivity index (χ0) is 44.4. The standard InChI is InChI=1S/C48H62N4O10/c1-7-24-51(46(55)60-36-20-18-35(19-21-36)52(56)57)43-30-41(50-62-47(4,5)6)39-28-33(15-9-11-25-53)38(17-10-12-26-54)44-40-29-37(58-31-34-16-13-14-32(3)49-34)22-23-42(40)61-48(43,45(39)44)59-27-8-2/h8,13-14,16,18-23,28-29,33,38,43-45,53-54H,2,7,9-12,15,17,24-27,30-31H2,1,3-6H3/t33-,38+,43-,44+,45+,48+/m0/s1. The number of hydrogen-bond acceptors (Lipinski definition) is 12. The summed E-state index contributed by atoms with van der Waals surface area (Å²) in [5.74, 6) is -0.797. The van der Waals surface area contributed by atoms with E-state index in [1.54, 1.807) is 11.0 Å². The third-order valence-corrected chi connectivity index (χ3v) is 11.7. The minimum absolute atomic E-state index is 0.0206. The molecule has 2 heterocycles. The normalized spacial score (nSPS) is 23.3.